The van der Waals surface area contributed by atoms with E-state index in [0.717, 1.165) is 100 Å². The quantitative estimate of drug-likeness (QED) is 0.108. The van der Waals surface area contributed by atoms with Crippen LogP contribution in [0.3, 0.4) is 0 Å². The van der Waals surface area contributed by atoms with Crippen LogP contribution in [0.5, 0.6) is 0 Å². The maximum absolute atomic E-state index is 13.1. The van der Waals surface area contributed by atoms with Gasteiger partial charge in [-0.2, -0.15) is 20.5 Å². The van der Waals surface area contributed by atoms with Gasteiger partial charge in [0.15, 0.2) is 0 Å². The van der Waals surface area contributed by atoms with E-state index in [0.29, 0.717) is 69.6 Å². The summed E-state index contributed by atoms with van der Waals surface area (Å²) in [7, 11) is 8.12. The Kier molecular flexibility index (Phi) is 17.9. The van der Waals surface area contributed by atoms with Crippen LogP contribution in [0.15, 0.2) is 70.5 Å². The number of fused-ring (bicyclic) bond motifs is 4. The molecule has 0 unspecified atom stereocenters. The Bertz CT molecular complexity index is 3170. The summed E-state index contributed by atoms with van der Waals surface area (Å²) in [5.74, 6) is 0.643. The van der Waals surface area contributed by atoms with Gasteiger partial charge in [-0.05, 0) is 114 Å². The number of anilines is 4. The largest absolute Gasteiger partial charge is 0.352 e. The molecule has 4 aromatic heterocycles. The third-order valence-corrected chi connectivity index (χ3v) is 13.7. The van der Waals surface area contributed by atoms with Crippen LogP contribution >= 0.6 is 32.9 Å². The van der Waals surface area contributed by atoms with Crippen LogP contribution < -0.4 is 27.1 Å². The van der Waals surface area contributed by atoms with E-state index in [-0.39, 0.29) is 63.1 Å². The molecule has 4 aliphatic rings. The van der Waals surface area contributed by atoms with Gasteiger partial charge in [0, 0.05) is 95.8 Å². The van der Waals surface area contributed by atoms with Crippen molar-refractivity contribution in [1.29, 1.82) is 10.5 Å². The van der Waals surface area contributed by atoms with E-state index in [1.54, 1.807) is 39.7 Å². The molecule has 0 bridgehead atoms. The minimum Gasteiger partial charge on any atom is -0.352 e. The van der Waals surface area contributed by atoms with E-state index in [4.69, 9.17) is 0 Å². The molecule has 2 saturated carbocycles. The van der Waals surface area contributed by atoms with E-state index in [2.05, 4.69) is 75.7 Å². The maximum Gasteiger partial charge on any atom is 0.270 e. The first-order chi connectivity index (χ1) is 34.3. The molecule has 3 N–H and O–H groups in total. The second kappa shape index (κ2) is 24.2. The number of nitriles is 2. The lowest BCUT2D eigenvalue weighted by Crippen LogP contribution is -2.41. The van der Waals surface area contributed by atoms with E-state index in [1.165, 1.54) is 0 Å². The molecule has 72 heavy (non-hydrogen) atoms. The molecular weight excluding hydrogens is 1040 g/mol. The number of amides is 2. The Hall–Kier alpha value is -6.58. The molecule has 0 saturated heterocycles. The van der Waals surface area contributed by atoms with Gasteiger partial charge in [-0.25, -0.2) is 9.97 Å². The highest BCUT2D eigenvalue weighted by molar-refractivity contribution is 9.09. The van der Waals surface area contributed by atoms with Crippen LogP contribution in [0.25, 0.3) is 22.1 Å². The number of halogens is 2. The van der Waals surface area contributed by atoms with Crippen molar-refractivity contribution >= 4 is 90.1 Å². The van der Waals surface area contributed by atoms with Crippen molar-refractivity contribution < 1.29 is 9.59 Å². The Morgan fingerprint density at radius 2 is 1.18 bits per heavy atom. The van der Waals surface area contributed by atoms with Gasteiger partial charge in [0.1, 0.15) is 34.6 Å². The maximum atomic E-state index is 13.1. The van der Waals surface area contributed by atoms with Gasteiger partial charge in [-0.1, -0.05) is 53.7 Å². The molecule has 2 aliphatic carbocycles. The predicted octanol–water partition coefficient (Wildman–Crippen LogP) is 7.41. The second-order valence-corrected chi connectivity index (χ2v) is 19.6. The predicted molar refractivity (Wildman–Crippen MR) is 288 cm³/mol. The highest BCUT2D eigenvalue weighted by Gasteiger charge is 2.27. The lowest BCUT2D eigenvalue weighted by atomic mass is 9.98. The van der Waals surface area contributed by atoms with Crippen LogP contribution in [0.2, 0.25) is 0 Å². The van der Waals surface area contributed by atoms with Crippen molar-refractivity contribution in [3.63, 3.8) is 0 Å². The minimum absolute atomic E-state index is 0. The van der Waals surface area contributed by atoms with Crippen molar-refractivity contribution in [3.8, 4) is 12.1 Å². The number of nitrogens with one attached hydrogen (secondary N) is 3. The van der Waals surface area contributed by atoms with Crippen LogP contribution in [0.1, 0.15) is 106 Å². The number of likely N-dealkylation sites (N-methyl/N-ethyl adjacent to an activating group) is 1. The van der Waals surface area contributed by atoms with Crippen LogP contribution in [-0.2, 0) is 12.8 Å². The number of rotatable bonds is 11. The number of hydrogen-bond acceptors (Lipinski definition) is 14. The Morgan fingerprint density at radius 1 is 0.694 bits per heavy atom. The molecule has 18 nitrogen and oxygen atoms in total. The summed E-state index contributed by atoms with van der Waals surface area (Å²) in [6, 6.07) is 18.6. The molecule has 10 rings (SSSR count). The summed E-state index contributed by atoms with van der Waals surface area (Å²) in [4.78, 5) is 75.3. The van der Waals surface area contributed by atoms with Crippen molar-refractivity contribution in [1.82, 2.24) is 49.1 Å². The standard InChI is InChI=1S/C26H29N7O2.C22H20N6O2.C4H10BrN.BrH/c1-31(2)11-12-32-10-9-17-7-8-20(14-22(17)25(32)35)29-26-28-16-19-13-18(15-27)24(34)33(23(19)30-26)21-5-3-4-6-21;23-11-14-9-15-12-25-22(27-19(15)28(21(14)30)17-3-1-2-4-17)26-16-6-5-13-7-8-24-20(29)18(13)10-16;1-6(2)4-3-5;/h7-8,13-14,16,21H,3-6,9-12H2,1-2H3,(H,28,29,30);5-6,9-10,12,17H,1-4,7-8H2,(H,24,29)(H,25,26,27);3-4H2,1-2H3;1H. The fourth-order valence-corrected chi connectivity index (χ4v) is 10.3. The average molecular weight is 1100 g/mol. The second-order valence-electron chi connectivity index (χ2n) is 18.8. The first-order valence-corrected chi connectivity index (χ1v) is 25.4. The van der Waals surface area contributed by atoms with Crippen LogP contribution in [0, 0.1) is 22.7 Å². The van der Waals surface area contributed by atoms with E-state index in [1.807, 2.05) is 61.5 Å². The topological polar surface area (TPSA) is 223 Å². The molecule has 6 heterocycles. The SMILES string of the molecule is Br.CN(C)CCBr.CN(C)CCN1CCc2ccc(Nc3ncc4cc(C#N)c(=O)n(C5CCCC5)c4n3)cc2C1=O.N#Cc1cc2cnc(Nc3ccc4c(c3)C(=O)NCC4)nc2n(C2CCCC2)c1=O. The van der Waals surface area contributed by atoms with E-state index in [9.17, 15) is 29.7 Å². The van der Waals surface area contributed by atoms with Gasteiger partial charge in [-0.15, -0.1) is 17.0 Å². The molecule has 20 heteroatoms. The van der Waals surface area contributed by atoms with Crippen molar-refractivity contribution in [2.24, 2.45) is 0 Å². The average Bonchev–Trinajstić information content (AvgIpc) is 4.11. The van der Waals surface area contributed by atoms with Gasteiger partial charge in [0.2, 0.25) is 11.9 Å². The van der Waals surface area contributed by atoms with Crippen molar-refractivity contribution in [2.75, 3.05) is 76.9 Å². The summed E-state index contributed by atoms with van der Waals surface area (Å²) in [5, 5.41) is 30.4. The third-order valence-electron chi connectivity index (χ3n) is 13.3. The molecule has 2 fully saturated rings. The number of hydrogen-bond donors (Lipinski definition) is 3. The van der Waals surface area contributed by atoms with Gasteiger partial charge >= 0.3 is 0 Å². The highest BCUT2D eigenvalue weighted by Crippen LogP contribution is 2.33. The summed E-state index contributed by atoms with van der Waals surface area (Å²) in [6.45, 7) is 4.01. The zero-order valence-corrected chi connectivity index (χ0v) is 44.4. The fourth-order valence-electron chi connectivity index (χ4n) is 9.57. The number of aromatic nitrogens is 6. The highest BCUT2D eigenvalue weighted by atomic mass is 79.9. The molecule has 0 radical (unpaired) electrons. The zero-order valence-electron chi connectivity index (χ0n) is 41.1. The summed E-state index contributed by atoms with van der Waals surface area (Å²) in [6.07, 6.45) is 12.7. The number of carbonyl (C=O) groups is 2. The van der Waals surface area contributed by atoms with Gasteiger partial charge in [0.05, 0.1) is 0 Å². The Balaban J connectivity index is 0.000000189. The number of benzene rings is 2. The number of pyridine rings is 2. The zero-order chi connectivity index (χ0) is 50.2. The molecular formula is C52H60Br2N14O4. The Labute approximate surface area is 437 Å². The van der Waals surface area contributed by atoms with Crippen molar-refractivity contribution in [2.45, 2.75) is 76.3 Å². The number of nitrogens with zero attached hydrogens (tertiary/aromatic N) is 11. The van der Waals surface area contributed by atoms with E-state index < -0.39 is 0 Å². The molecule has 2 aliphatic heterocycles. The molecule has 0 atom stereocenters. The van der Waals surface area contributed by atoms with Gasteiger partial charge in [0.25, 0.3) is 22.9 Å². The van der Waals surface area contributed by atoms with E-state index >= 15 is 0 Å². The van der Waals surface area contributed by atoms with Crippen LogP contribution in [0.4, 0.5) is 23.3 Å². The summed E-state index contributed by atoms with van der Waals surface area (Å²) < 4.78 is 3.33. The van der Waals surface area contributed by atoms with Gasteiger partial charge in [-0.3, -0.25) is 28.3 Å². The van der Waals surface area contributed by atoms with Crippen LogP contribution in [-0.4, -0.2) is 122 Å². The fraction of sp³-hybridized carbons (Fsp3) is 0.423. The normalized spacial score (nSPS) is 15.4. The molecule has 6 aromatic rings. The van der Waals surface area contributed by atoms with Crippen molar-refractivity contribution in [3.05, 3.63) is 115 Å². The first kappa shape index (κ1) is 53.2. The smallest absolute Gasteiger partial charge is 0.270 e. The lowest BCUT2D eigenvalue weighted by Gasteiger charge is -2.29. The molecule has 2 aromatic carbocycles. The Morgan fingerprint density at radius 3 is 1.64 bits per heavy atom. The molecule has 376 valence electrons. The molecule has 2 amide bonds. The summed E-state index contributed by atoms with van der Waals surface area (Å²) in [5.41, 5.74) is 5.50. The lowest BCUT2D eigenvalue weighted by molar-refractivity contribution is 0.0728. The van der Waals surface area contributed by atoms with Gasteiger partial charge < -0.3 is 30.7 Å². The first-order valence-electron chi connectivity index (χ1n) is 24.2. The number of alkyl halides is 1. The molecule has 0 spiro atoms. The minimum atomic E-state index is -0.299. The third kappa shape index (κ3) is 12.2. The summed E-state index contributed by atoms with van der Waals surface area (Å²) >= 11 is 3.31. The number of carbonyl (C=O) groups excluding carboxylic acids is 2. The monoisotopic (exact) mass is 1100 g/mol.